The van der Waals surface area contributed by atoms with E-state index in [9.17, 15) is 18.0 Å². The van der Waals surface area contributed by atoms with Gasteiger partial charge in [-0.15, -0.1) is 0 Å². The Bertz CT molecular complexity index is 1290. The molecule has 1 amide bonds. The van der Waals surface area contributed by atoms with Crippen LogP contribution in [0.2, 0.25) is 0 Å². The van der Waals surface area contributed by atoms with Crippen molar-refractivity contribution >= 4 is 27.0 Å². The molecule has 11 heteroatoms. The zero-order chi connectivity index (χ0) is 22.8. The van der Waals surface area contributed by atoms with Gasteiger partial charge in [0, 0.05) is 13.5 Å². The number of rotatable bonds is 8. The number of aryl methyl sites for hydroxylation is 2. The van der Waals surface area contributed by atoms with Gasteiger partial charge in [0.1, 0.15) is 17.1 Å². The van der Waals surface area contributed by atoms with E-state index in [1.807, 2.05) is 11.6 Å². The Hall–Kier alpha value is -3.21. The van der Waals surface area contributed by atoms with E-state index in [4.69, 9.17) is 4.74 Å². The van der Waals surface area contributed by atoms with E-state index in [1.165, 1.54) is 22.9 Å². The molecule has 3 aromatic rings. The van der Waals surface area contributed by atoms with Gasteiger partial charge in [0.25, 0.3) is 15.6 Å². The van der Waals surface area contributed by atoms with Gasteiger partial charge in [0.15, 0.2) is 5.52 Å². The molecule has 0 unspecified atom stereocenters. The maximum absolute atomic E-state index is 12.8. The minimum atomic E-state index is -4.09. The Morgan fingerprint density at radius 1 is 1.26 bits per heavy atom. The lowest BCUT2D eigenvalue weighted by Gasteiger charge is -2.13. The molecule has 0 atom stereocenters. The third-order valence-electron chi connectivity index (χ3n) is 4.63. The van der Waals surface area contributed by atoms with E-state index in [2.05, 4.69) is 15.1 Å². The lowest BCUT2D eigenvalue weighted by atomic mass is 10.1. The minimum Gasteiger partial charge on any atom is -0.493 e. The number of nitrogens with zero attached hydrogens (tertiary/aromatic N) is 3. The number of sulfonamides is 1. The van der Waals surface area contributed by atoms with E-state index in [0.29, 0.717) is 41.1 Å². The molecule has 2 aromatic heterocycles. The van der Waals surface area contributed by atoms with E-state index >= 15 is 0 Å². The summed E-state index contributed by atoms with van der Waals surface area (Å²) in [6.07, 6.45) is 1.49. The Labute approximate surface area is 179 Å². The van der Waals surface area contributed by atoms with Gasteiger partial charge in [0.05, 0.1) is 22.8 Å². The van der Waals surface area contributed by atoms with Crippen molar-refractivity contribution in [3.63, 3.8) is 0 Å². The van der Waals surface area contributed by atoms with Crippen molar-refractivity contribution < 1.29 is 17.9 Å². The topological polar surface area (TPSA) is 136 Å². The Balaban J connectivity index is 2.23. The molecule has 0 radical (unpaired) electrons. The number of aromatic amines is 1. The Kier molecular flexibility index (Phi) is 6.44. The molecule has 166 valence electrons. The quantitative estimate of drug-likeness (QED) is 0.538. The fraction of sp³-hybridized carbons (Fsp3) is 0.400. The maximum atomic E-state index is 12.8. The fourth-order valence-electron chi connectivity index (χ4n) is 3.20. The number of hydrogen-bond acceptors (Lipinski definition) is 7. The van der Waals surface area contributed by atoms with Crippen LogP contribution in [0.4, 0.5) is 0 Å². The summed E-state index contributed by atoms with van der Waals surface area (Å²) in [7, 11) is -2.42. The number of H-pyrrole nitrogens is 1. The van der Waals surface area contributed by atoms with Gasteiger partial charge < -0.3 is 9.72 Å². The third kappa shape index (κ3) is 4.46. The van der Waals surface area contributed by atoms with E-state index in [0.717, 1.165) is 6.42 Å². The van der Waals surface area contributed by atoms with Crippen LogP contribution in [0.1, 0.15) is 39.3 Å². The van der Waals surface area contributed by atoms with Crippen LogP contribution >= 0.6 is 0 Å². The van der Waals surface area contributed by atoms with Crippen LogP contribution < -0.4 is 15.0 Å². The summed E-state index contributed by atoms with van der Waals surface area (Å²) in [5.41, 5.74) is 1.37. The van der Waals surface area contributed by atoms with Crippen molar-refractivity contribution in [1.29, 1.82) is 0 Å². The largest absolute Gasteiger partial charge is 0.493 e. The first-order valence-electron chi connectivity index (χ1n) is 10.0. The molecule has 0 aliphatic carbocycles. The summed E-state index contributed by atoms with van der Waals surface area (Å²) in [6.45, 7) is 5.67. The number of fused-ring (bicyclic) bond motifs is 1. The zero-order valence-corrected chi connectivity index (χ0v) is 18.7. The smallest absolute Gasteiger partial charge is 0.277 e. The van der Waals surface area contributed by atoms with E-state index < -0.39 is 21.5 Å². The number of amides is 1. The Morgan fingerprint density at radius 3 is 2.65 bits per heavy atom. The van der Waals surface area contributed by atoms with Crippen molar-refractivity contribution in [2.75, 3.05) is 6.61 Å². The Morgan fingerprint density at radius 2 is 2.00 bits per heavy atom. The van der Waals surface area contributed by atoms with Gasteiger partial charge in [-0.05, 0) is 31.5 Å². The molecule has 3 rings (SSSR count). The number of benzene rings is 1. The first kappa shape index (κ1) is 22.5. The molecule has 2 N–H and O–H groups in total. The van der Waals surface area contributed by atoms with Gasteiger partial charge in [-0.3, -0.25) is 14.3 Å². The standard InChI is InChI=1S/C20H25N5O5S/c1-5-8-14-17-18(25(4)23-14)20(27)22-19(21-17)13-11-12(9-10-15(13)30-7-3)31(28,29)24-16(26)6-2/h9-11H,5-8H2,1-4H3,(H,24,26)(H,21,22,27). The highest BCUT2D eigenvalue weighted by Crippen LogP contribution is 2.31. The van der Waals surface area contributed by atoms with Gasteiger partial charge in [-0.2, -0.15) is 5.10 Å². The molecule has 1 aromatic carbocycles. The number of hydrogen-bond donors (Lipinski definition) is 2. The van der Waals surface area contributed by atoms with Crippen molar-refractivity contribution in [1.82, 2.24) is 24.5 Å². The highest BCUT2D eigenvalue weighted by molar-refractivity contribution is 7.90. The summed E-state index contributed by atoms with van der Waals surface area (Å²) >= 11 is 0. The molecule has 0 bridgehead atoms. The van der Waals surface area contributed by atoms with Crippen molar-refractivity contribution in [3.8, 4) is 17.1 Å². The third-order valence-corrected chi connectivity index (χ3v) is 6.01. The molecule has 0 fully saturated rings. The lowest BCUT2D eigenvalue weighted by molar-refractivity contribution is -0.119. The molecular weight excluding hydrogens is 422 g/mol. The van der Waals surface area contributed by atoms with Gasteiger partial charge in [-0.25, -0.2) is 18.1 Å². The number of carbonyl (C=O) groups excluding carboxylic acids is 1. The fourth-order valence-corrected chi connectivity index (χ4v) is 4.29. The summed E-state index contributed by atoms with van der Waals surface area (Å²) in [5.74, 6) is -0.111. The van der Waals surface area contributed by atoms with Gasteiger partial charge in [-0.1, -0.05) is 20.3 Å². The van der Waals surface area contributed by atoms with Crippen LogP contribution in [0.25, 0.3) is 22.4 Å². The van der Waals surface area contributed by atoms with Crippen molar-refractivity contribution in [2.45, 2.75) is 44.9 Å². The zero-order valence-electron chi connectivity index (χ0n) is 17.9. The number of ether oxygens (including phenoxy) is 1. The molecule has 2 heterocycles. The predicted molar refractivity (Wildman–Crippen MR) is 115 cm³/mol. The molecule has 0 aliphatic heterocycles. The van der Waals surface area contributed by atoms with Gasteiger partial charge in [0.2, 0.25) is 5.91 Å². The number of nitrogens with one attached hydrogen (secondary N) is 2. The summed E-state index contributed by atoms with van der Waals surface area (Å²) in [5, 5.41) is 4.39. The van der Waals surface area contributed by atoms with E-state index in [1.54, 1.807) is 20.9 Å². The van der Waals surface area contributed by atoms with Crippen molar-refractivity contribution in [2.24, 2.45) is 7.05 Å². The highest BCUT2D eigenvalue weighted by Gasteiger charge is 2.22. The first-order chi connectivity index (χ1) is 14.7. The maximum Gasteiger partial charge on any atom is 0.277 e. The monoisotopic (exact) mass is 447 g/mol. The normalized spacial score (nSPS) is 11.6. The second-order valence-corrected chi connectivity index (χ2v) is 8.59. The van der Waals surface area contributed by atoms with Crippen LogP contribution in [0.5, 0.6) is 5.75 Å². The molecular formula is C20H25N5O5S. The average Bonchev–Trinajstić information content (AvgIpc) is 3.04. The van der Waals surface area contributed by atoms with Crippen LogP contribution in [-0.2, 0) is 28.3 Å². The number of carbonyl (C=O) groups is 1. The molecule has 0 saturated heterocycles. The minimum absolute atomic E-state index is 0.0237. The molecule has 0 spiro atoms. The van der Waals surface area contributed by atoms with Crippen molar-refractivity contribution in [3.05, 3.63) is 34.2 Å². The van der Waals surface area contributed by atoms with E-state index in [-0.39, 0.29) is 17.1 Å². The lowest BCUT2D eigenvalue weighted by Crippen LogP contribution is -2.29. The first-order valence-corrected chi connectivity index (χ1v) is 11.5. The average molecular weight is 448 g/mol. The summed E-state index contributed by atoms with van der Waals surface area (Å²) in [4.78, 5) is 31.6. The second-order valence-electron chi connectivity index (χ2n) is 6.91. The second kappa shape index (κ2) is 8.88. The molecule has 0 saturated carbocycles. The van der Waals surface area contributed by atoms with Crippen LogP contribution in [0.3, 0.4) is 0 Å². The van der Waals surface area contributed by atoms with Crippen LogP contribution in [-0.4, -0.2) is 40.7 Å². The van der Waals surface area contributed by atoms with Crippen LogP contribution in [0, 0.1) is 0 Å². The van der Waals surface area contributed by atoms with Crippen LogP contribution in [0.15, 0.2) is 27.9 Å². The summed E-state index contributed by atoms with van der Waals surface area (Å²) in [6, 6.07) is 4.14. The molecule has 31 heavy (non-hydrogen) atoms. The summed E-state index contributed by atoms with van der Waals surface area (Å²) < 4.78 is 34.3. The highest BCUT2D eigenvalue weighted by atomic mass is 32.2. The number of aromatic nitrogens is 4. The molecule has 0 aliphatic rings. The van der Waals surface area contributed by atoms with Gasteiger partial charge >= 0.3 is 0 Å². The SMILES string of the molecule is CCCc1nn(C)c2c(=O)[nH]c(-c3cc(S(=O)(=O)NC(=O)CC)ccc3OCC)nc12. The molecule has 10 nitrogen and oxygen atoms in total. The predicted octanol–water partition coefficient (Wildman–Crippen LogP) is 1.89.